The highest BCUT2D eigenvalue weighted by Gasteiger charge is 2.02. The molecular formula is C4H5N3S. The van der Waals surface area contributed by atoms with E-state index in [1.807, 2.05) is 6.92 Å². The van der Waals surface area contributed by atoms with Crippen molar-refractivity contribution in [3.05, 3.63) is 0 Å². The lowest BCUT2D eigenvalue weighted by Gasteiger charge is -1.98. The van der Waals surface area contributed by atoms with Crippen LogP contribution in [0, 0.1) is 0 Å². The van der Waals surface area contributed by atoms with Gasteiger partial charge in [-0.05, 0) is 12.1 Å². The lowest BCUT2D eigenvalue weighted by Crippen LogP contribution is -2.12. The SMILES string of the molecule is CC1=NN=NCC1=S. The van der Waals surface area contributed by atoms with Crippen LogP contribution in [-0.4, -0.2) is 17.1 Å². The van der Waals surface area contributed by atoms with Crippen molar-refractivity contribution in [3.63, 3.8) is 0 Å². The molecule has 4 heteroatoms. The van der Waals surface area contributed by atoms with E-state index in [1.54, 1.807) is 0 Å². The average molecular weight is 127 g/mol. The second-order valence-corrected chi connectivity index (χ2v) is 1.99. The molecular weight excluding hydrogens is 122 g/mol. The zero-order chi connectivity index (χ0) is 5.98. The van der Waals surface area contributed by atoms with Crippen LogP contribution in [0.25, 0.3) is 0 Å². The molecule has 0 aromatic heterocycles. The number of hydrogen-bond acceptors (Lipinski definition) is 4. The molecule has 42 valence electrons. The zero-order valence-corrected chi connectivity index (χ0v) is 5.27. The van der Waals surface area contributed by atoms with Gasteiger partial charge in [-0.25, -0.2) is 0 Å². The molecule has 0 bridgehead atoms. The van der Waals surface area contributed by atoms with Gasteiger partial charge in [-0.2, -0.15) is 5.11 Å². The van der Waals surface area contributed by atoms with Gasteiger partial charge < -0.3 is 0 Å². The fourth-order valence-electron chi connectivity index (χ4n) is 0.365. The van der Waals surface area contributed by atoms with E-state index in [4.69, 9.17) is 12.2 Å². The van der Waals surface area contributed by atoms with Gasteiger partial charge in [-0.1, -0.05) is 12.2 Å². The number of thiocarbonyl (C=S) groups is 1. The van der Waals surface area contributed by atoms with Gasteiger partial charge in [0.25, 0.3) is 0 Å². The van der Waals surface area contributed by atoms with Crippen LogP contribution in [0.1, 0.15) is 6.92 Å². The van der Waals surface area contributed by atoms with Gasteiger partial charge >= 0.3 is 0 Å². The molecule has 0 fully saturated rings. The molecule has 1 heterocycles. The van der Waals surface area contributed by atoms with E-state index >= 15 is 0 Å². The highest BCUT2D eigenvalue weighted by atomic mass is 32.1. The van der Waals surface area contributed by atoms with Crippen molar-refractivity contribution < 1.29 is 0 Å². The fraction of sp³-hybridized carbons (Fsp3) is 0.500. The maximum Gasteiger partial charge on any atom is 0.0991 e. The second-order valence-electron chi connectivity index (χ2n) is 1.50. The summed E-state index contributed by atoms with van der Waals surface area (Å²) in [5, 5.41) is 10.7. The Labute approximate surface area is 52.5 Å². The third-order valence-electron chi connectivity index (χ3n) is 0.876. The number of nitrogens with zero attached hydrogens (tertiary/aromatic N) is 3. The quantitative estimate of drug-likeness (QED) is 0.450. The first-order valence-electron chi connectivity index (χ1n) is 2.25. The summed E-state index contributed by atoms with van der Waals surface area (Å²) in [5.41, 5.74) is 0.815. The third-order valence-corrected chi connectivity index (χ3v) is 1.30. The van der Waals surface area contributed by atoms with Gasteiger partial charge in [0.2, 0.25) is 0 Å². The van der Waals surface area contributed by atoms with Crippen LogP contribution in [-0.2, 0) is 0 Å². The molecule has 1 rings (SSSR count). The molecule has 0 saturated carbocycles. The molecule has 0 radical (unpaired) electrons. The zero-order valence-electron chi connectivity index (χ0n) is 4.46. The molecule has 0 unspecified atom stereocenters. The molecule has 8 heavy (non-hydrogen) atoms. The molecule has 0 amide bonds. The van der Waals surface area contributed by atoms with E-state index in [1.165, 1.54) is 0 Å². The summed E-state index contributed by atoms with van der Waals surface area (Å²) in [5.74, 6) is 0. The minimum atomic E-state index is 0.532. The average Bonchev–Trinajstić information content (AvgIpc) is 1.77. The minimum Gasteiger partial charge on any atom is -0.163 e. The first-order valence-corrected chi connectivity index (χ1v) is 2.66. The Bertz CT molecular complexity index is 170. The topological polar surface area (TPSA) is 37.1 Å². The smallest absolute Gasteiger partial charge is 0.0991 e. The number of hydrogen-bond donors (Lipinski definition) is 0. The first kappa shape index (κ1) is 5.50. The maximum absolute atomic E-state index is 4.84. The highest BCUT2D eigenvalue weighted by molar-refractivity contribution is 7.82. The summed E-state index contributed by atoms with van der Waals surface area (Å²) in [6, 6.07) is 0. The van der Waals surface area contributed by atoms with Gasteiger partial charge in [0.1, 0.15) is 0 Å². The van der Waals surface area contributed by atoms with Crippen LogP contribution in [0.4, 0.5) is 0 Å². The van der Waals surface area contributed by atoms with E-state index in [-0.39, 0.29) is 0 Å². The van der Waals surface area contributed by atoms with Crippen LogP contribution < -0.4 is 0 Å². The van der Waals surface area contributed by atoms with Crippen molar-refractivity contribution in [1.82, 2.24) is 0 Å². The van der Waals surface area contributed by atoms with Crippen molar-refractivity contribution in [2.75, 3.05) is 6.54 Å². The first-order chi connectivity index (χ1) is 3.80. The molecule has 0 atom stereocenters. The van der Waals surface area contributed by atoms with Gasteiger partial charge in [0.15, 0.2) is 0 Å². The Morgan fingerprint density at radius 2 is 2.38 bits per heavy atom. The summed E-state index contributed by atoms with van der Waals surface area (Å²) in [6.45, 7) is 2.37. The molecule has 0 N–H and O–H groups in total. The Morgan fingerprint density at radius 3 is 2.75 bits per heavy atom. The summed E-state index contributed by atoms with van der Waals surface area (Å²) in [4.78, 5) is 0.792. The largest absolute Gasteiger partial charge is 0.163 e. The Balaban J connectivity index is 2.80. The Kier molecular flexibility index (Phi) is 1.43. The fourth-order valence-corrected chi connectivity index (χ4v) is 0.463. The Morgan fingerprint density at radius 1 is 1.62 bits per heavy atom. The van der Waals surface area contributed by atoms with Crippen LogP contribution in [0.2, 0.25) is 0 Å². The summed E-state index contributed by atoms with van der Waals surface area (Å²) < 4.78 is 0. The summed E-state index contributed by atoms with van der Waals surface area (Å²) in [7, 11) is 0. The van der Waals surface area contributed by atoms with E-state index in [9.17, 15) is 0 Å². The molecule has 1 aliphatic heterocycles. The standard InChI is InChI=1S/C4H5N3S/c1-3-4(8)2-5-7-6-3/h2H2,1H3. The van der Waals surface area contributed by atoms with E-state index in [0.29, 0.717) is 6.54 Å². The molecule has 0 aromatic carbocycles. The molecule has 0 saturated heterocycles. The lowest BCUT2D eigenvalue weighted by molar-refractivity contribution is 0.972. The van der Waals surface area contributed by atoms with E-state index in [0.717, 1.165) is 10.6 Å². The molecule has 0 aromatic rings. The molecule has 3 nitrogen and oxygen atoms in total. The van der Waals surface area contributed by atoms with E-state index < -0.39 is 0 Å². The normalized spacial score (nSPS) is 18.6. The van der Waals surface area contributed by atoms with E-state index in [2.05, 4.69) is 15.4 Å². The van der Waals surface area contributed by atoms with Crippen molar-refractivity contribution in [2.24, 2.45) is 15.4 Å². The van der Waals surface area contributed by atoms with Crippen molar-refractivity contribution >= 4 is 22.8 Å². The predicted octanol–water partition coefficient (Wildman–Crippen LogP) is 1.20. The minimum absolute atomic E-state index is 0.532. The number of rotatable bonds is 0. The van der Waals surface area contributed by atoms with Gasteiger partial charge in [0.05, 0.1) is 17.1 Å². The van der Waals surface area contributed by atoms with Crippen LogP contribution in [0.5, 0.6) is 0 Å². The summed E-state index contributed by atoms with van der Waals surface area (Å²) in [6.07, 6.45) is 0. The monoisotopic (exact) mass is 127 g/mol. The summed E-state index contributed by atoms with van der Waals surface area (Å²) >= 11 is 4.84. The third kappa shape index (κ3) is 0.949. The molecule has 1 aliphatic rings. The molecule has 0 aliphatic carbocycles. The van der Waals surface area contributed by atoms with Gasteiger partial charge in [0, 0.05) is 0 Å². The lowest BCUT2D eigenvalue weighted by atomic mass is 10.3. The Hall–Kier alpha value is -0.640. The van der Waals surface area contributed by atoms with Gasteiger partial charge in [-0.15, -0.1) is 5.10 Å². The van der Waals surface area contributed by atoms with Crippen molar-refractivity contribution in [1.29, 1.82) is 0 Å². The maximum atomic E-state index is 4.84. The van der Waals surface area contributed by atoms with Gasteiger partial charge in [-0.3, -0.25) is 0 Å². The predicted molar refractivity (Wildman–Crippen MR) is 35.4 cm³/mol. The molecule has 0 spiro atoms. The van der Waals surface area contributed by atoms with Crippen LogP contribution in [0.3, 0.4) is 0 Å². The van der Waals surface area contributed by atoms with Crippen molar-refractivity contribution in [2.45, 2.75) is 6.92 Å². The highest BCUT2D eigenvalue weighted by Crippen LogP contribution is 1.94. The van der Waals surface area contributed by atoms with Crippen LogP contribution in [0.15, 0.2) is 15.4 Å². The van der Waals surface area contributed by atoms with Crippen LogP contribution >= 0.6 is 12.2 Å². The van der Waals surface area contributed by atoms with Crippen molar-refractivity contribution in [3.8, 4) is 0 Å². The second kappa shape index (κ2) is 2.09.